The average Bonchev–Trinajstić information content (AvgIpc) is 3.44. The van der Waals surface area contributed by atoms with Crippen LogP contribution in [0.5, 0.6) is 0 Å². The van der Waals surface area contributed by atoms with E-state index in [9.17, 15) is 14.7 Å². The molecule has 1 amide bonds. The number of hydrogen-bond acceptors (Lipinski definition) is 7. The molecule has 0 bridgehead atoms. The number of nitrogens with zero attached hydrogens (tertiary/aromatic N) is 1. The molecule has 0 saturated carbocycles. The van der Waals surface area contributed by atoms with E-state index in [0.29, 0.717) is 24.5 Å². The van der Waals surface area contributed by atoms with Crippen molar-refractivity contribution < 1.29 is 29.3 Å². The highest BCUT2D eigenvalue weighted by Gasteiger charge is 2.32. The van der Waals surface area contributed by atoms with Crippen molar-refractivity contribution in [1.82, 2.24) is 0 Å². The molecule has 1 aromatic heterocycles. The van der Waals surface area contributed by atoms with Crippen molar-refractivity contribution in [3.05, 3.63) is 51.7 Å². The summed E-state index contributed by atoms with van der Waals surface area (Å²) < 4.78 is 10.8. The van der Waals surface area contributed by atoms with Gasteiger partial charge in [-0.25, -0.2) is 4.79 Å². The maximum absolute atomic E-state index is 12.5. The number of carbonyl (C=O) groups excluding carboxylic acids is 2. The summed E-state index contributed by atoms with van der Waals surface area (Å²) in [5, 5.41) is 19.1. The summed E-state index contributed by atoms with van der Waals surface area (Å²) in [5.41, 5.74) is 1.70. The summed E-state index contributed by atoms with van der Waals surface area (Å²) in [5.74, 6) is -0.378. The van der Waals surface area contributed by atoms with E-state index in [4.69, 9.17) is 14.6 Å². The maximum Gasteiger partial charge on any atom is 0.348 e. The van der Waals surface area contributed by atoms with E-state index in [1.54, 1.807) is 11.0 Å². The number of hydrogen-bond donors (Lipinski definition) is 2. The van der Waals surface area contributed by atoms with Crippen molar-refractivity contribution in [2.45, 2.75) is 64.2 Å². The second-order valence-corrected chi connectivity index (χ2v) is 9.37. The number of anilines is 1. The fourth-order valence-corrected chi connectivity index (χ4v) is 4.78. The Balaban J connectivity index is 1.53. The van der Waals surface area contributed by atoms with E-state index < -0.39 is 12.1 Å². The lowest BCUT2D eigenvalue weighted by molar-refractivity contribution is -0.117. The molecule has 0 spiro atoms. The molecule has 1 aromatic carbocycles. The minimum absolute atomic E-state index is 0.0209. The van der Waals surface area contributed by atoms with Crippen molar-refractivity contribution in [3.8, 4) is 0 Å². The SMILES string of the molecule is CCCCCC(O)c1ccc(N2C(=O)CC[C@H]2COCc2ccc(C(=O)OCCO)s2)cc1. The Kier molecular flexibility index (Phi) is 9.87. The zero-order chi connectivity index (χ0) is 23.6. The van der Waals surface area contributed by atoms with E-state index in [-0.39, 0.29) is 25.2 Å². The lowest BCUT2D eigenvalue weighted by Crippen LogP contribution is -2.36. The second kappa shape index (κ2) is 12.8. The van der Waals surface area contributed by atoms with Gasteiger partial charge in [0.15, 0.2) is 0 Å². The van der Waals surface area contributed by atoms with Gasteiger partial charge in [-0.3, -0.25) is 4.79 Å². The quantitative estimate of drug-likeness (QED) is 0.333. The number of rotatable bonds is 13. The minimum Gasteiger partial charge on any atom is -0.459 e. The lowest BCUT2D eigenvalue weighted by atomic mass is 10.0. The molecule has 0 aliphatic carbocycles. The molecule has 1 aliphatic heterocycles. The summed E-state index contributed by atoms with van der Waals surface area (Å²) in [7, 11) is 0. The smallest absolute Gasteiger partial charge is 0.348 e. The summed E-state index contributed by atoms with van der Waals surface area (Å²) in [6, 6.07) is 11.1. The van der Waals surface area contributed by atoms with Crippen LogP contribution in [0.15, 0.2) is 36.4 Å². The van der Waals surface area contributed by atoms with Gasteiger partial charge in [0.2, 0.25) is 5.91 Å². The normalized spacial score (nSPS) is 16.9. The molecule has 7 nitrogen and oxygen atoms in total. The molecule has 0 radical (unpaired) electrons. The Hall–Kier alpha value is -2.26. The first-order chi connectivity index (χ1) is 16.0. The molecule has 1 saturated heterocycles. The number of carbonyl (C=O) groups is 2. The van der Waals surface area contributed by atoms with Crippen molar-refractivity contribution in [3.63, 3.8) is 0 Å². The predicted octanol–water partition coefficient (Wildman–Crippen LogP) is 4.22. The minimum atomic E-state index is -0.476. The zero-order valence-corrected chi connectivity index (χ0v) is 19.9. The van der Waals surface area contributed by atoms with Crippen LogP contribution in [0.25, 0.3) is 0 Å². The fraction of sp³-hybridized carbons (Fsp3) is 0.520. The summed E-state index contributed by atoms with van der Waals surface area (Å²) >= 11 is 1.30. The third kappa shape index (κ3) is 7.11. The largest absolute Gasteiger partial charge is 0.459 e. The van der Waals surface area contributed by atoms with Crippen LogP contribution >= 0.6 is 11.3 Å². The second-order valence-electron chi connectivity index (χ2n) is 8.20. The van der Waals surface area contributed by atoms with Gasteiger partial charge in [-0.1, -0.05) is 38.3 Å². The van der Waals surface area contributed by atoms with Gasteiger partial charge in [0, 0.05) is 17.0 Å². The molecule has 1 aliphatic rings. The Morgan fingerprint density at radius 1 is 1.21 bits per heavy atom. The number of aliphatic hydroxyl groups excluding tert-OH is 2. The topological polar surface area (TPSA) is 96.3 Å². The Labute approximate surface area is 198 Å². The summed E-state index contributed by atoms with van der Waals surface area (Å²) in [6.07, 6.45) is 4.71. The van der Waals surface area contributed by atoms with E-state index in [1.165, 1.54) is 11.3 Å². The zero-order valence-electron chi connectivity index (χ0n) is 19.1. The highest BCUT2D eigenvalue weighted by Crippen LogP contribution is 2.29. The molecule has 2 atom stereocenters. The van der Waals surface area contributed by atoms with Crippen molar-refractivity contribution >= 4 is 28.9 Å². The van der Waals surface area contributed by atoms with Gasteiger partial charge in [-0.15, -0.1) is 11.3 Å². The number of aliphatic hydroxyl groups is 2. The molecular weight excluding hydrogens is 442 g/mol. The third-order valence-electron chi connectivity index (χ3n) is 5.70. The molecule has 33 heavy (non-hydrogen) atoms. The summed E-state index contributed by atoms with van der Waals surface area (Å²) in [6.45, 7) is 2.66. The molecule has 180 valence electrons. The molecular formula is C25H33NO6S. The van der Waals surface area contributed by atoms with Crippen LogP contribution in [-0.4, -0.2) is 48.0 Å². The monoisotopic (exact) mass is 475 g/mol. The van der Waals surface area contributed by atoms with Crippen molar-refractivity contribution in [2.75, 3.05) is 24.7 Å². The van der Waals surface area contributed by atoms with Crippen molar-refractivity contribution in [1.29, 1.82) is 0 Å². The van der Waals surface area contributed by atoms with Gasteiger partial charge >= 0.3 is 5.97 Å². The predicted molar refractivity (Wildman–Crippen MR) is 127 cm³/mol. The highest BCUT2D eigenvalue weighted by atomic mass is 32.1. The third-order valence-corrected chi connectivity index (χ3v) is 6.74. The molecule has 1 fully saturated rings. The van der Waals surface area contributed by atoms with Gasteiger partial charge in [0.1, 0.15) is 11.5 Å². The molecule has 2 N–H and O–H groups in total. The van der Waals surface area contributed by atoms with E-state index >= 15 is 0 Å². The van der Waals surface area contributed by atoms with Crippen LogP contribution in [0.3, 0.4) is 0 Å². The number of amides is 1. The Bertz CT molecular complexity index is 897. The van der Waals surface area contributed by atoms with Crippen LogP contribution in [-0.2, 0) is 20.9 Å². The first-order valence-corrected chi connectivity index (χ1v) is 12.4. The first-order valence-electron chi connectivity index (χ1n) is 11.6. The lowest BCUT2D eigenvalue weighted by Gasteiger charge is -2.25. The summed E-state index contributed by atoms with van der Waals surface area (Å²) in [4.78, 5) is 27.5. The molecule has 2 aromatic rings. The first kappa shape index (κ1) is 25.4. The molecule has 3 rings (SSSR count). The van der Waals surface area contributed by atoms with Gasteiger partial charge < -0.3 is 24.6 Å². The maximum atomic E-state index is 12.5. The fourth-order valence-electron chi connectivity index (χ4n) is 3.94. The number of benzene rings is 1. The number of ether oxygens (including phenoxy) is 2. The molecule has 2 heterocycles. The van der Waals surface area contributed by atoms with Gasteiger partial charge in [-0.2, -0.15) is 0 Å². The van der Waals surface area contributed by atoms with Crippen LogP contribution < -0.4 is 4.90 Å². The van der Waals surface area contributed by atoms with E-state index in [1.807, 2.05) is 30.3 Å². The standard InChI is InChI=1S/C25H33NO6S/c1-2-3-4-5-22(28)18-6-8-19(9-7-18)26-20(10-13-24(26)29)16-31-17-21-11-12-23(33-21)25(30)32-15-14-27/h6-9,11-12,20,22,27-28H,2-5,10,13-17H2,1H3/t20-,22?/m0/s1. The van der Waals surface area contributed by atoms with Crippen LogP contribution in [0.4, 0.5) is 5.69 Å². The van der Waals surface area contributed by atoms with E-state index in [2.05, 4.69) is 6.92 Å². The van der Waals surface area contributed by atoms with Gasteiger partial charge in [0.05, 0.1) is 32.0 Å². The van der Waals surface area contributed by atoms with Gasteiger partial charge in [0.25, 0.3) is 0 Å². The van der Waals surface area contributed by atoms with Crippen LogP contribution in [0.2, 0.25) is 0 Å². The molecule has 1 unspecified atom stereocenters. The average molecular weight is 476 g/mol. The van der Waals surface area contributed by atoms with Crippen molar-refractivity contribution in [2.24, 2.45) is 0 Å². The molecule has 8 heteroatoms. The number of esters is 1. The Morgan fingerprint density at radius 3 is 2.73 bits per heavy atom. The number of unbranched alkanes of at least 4 members (excludes halogenated alkanes) is 2. The van der Waals surface area contributed by atoms with Crippen LogP contribution in [0.1, 0.15) is 71.7 Å². The highest BCUT2D eigenvalue weighted by molar-refractivity contribution is 7.13. The number of thiophene rings is 1. The van der Waals surface area contributed by atoms with E-state index in [0.717, 1.165) is 48.2 Å². The Morgan fingerprint density at radius 2 is 2.00 bits per heavy atom. The van der Waals surface area contributed by atoms with Gasteiger partial charge in [-0.05, 0) is 42.7 Å². The van der Waals surface area contributed by atoms with Crippen LogP contribution in [0, 0.1) is 0 Å².